The lowest BCUT2D eigenvalue weighted by Crippen LogP contribution is -2.32. The first kappa shape index (κ1) is 20.5. The Kier molecular flexibility index (Phi) is 6.29. The van der Waals surface area contributed by atoms with E-state index in [0.29, 0.717) is 24.3 Å². The van der Waals surface area contributed by atoms with Crippen molar-refractivity contribution >= 4 is 17.4 Å². The largest absolute Gasteiger partial charge is 0.507 e. The third kappa shape index (κ3) is 4.30. The van der Waals surface area contributed by atoms with Crippen LogP contribution < -0.4 is 4.74 Å². The molecule has 1 aromatic heterocycles. The SMILES string of the molecule is COc1cccc(/C(O)=C2\C(=O)C(=O)N(CCCN(C)C)[C@H]2c2ccncc2)c1. The van der Waals surface area contributed by atoms with E-state index >= 15 is 0 Å². The molecular weight excluding hydrogens is 370 g/mol. The minimum atomic E-state index is -0.683. The van der Waals surface area contributed by atoms with E-state index in [1.165, 1.54) is 12.0 Å². The average molecular weight is 395 g/mol. The van der Waals surface area contributed by atoms with Gasteiger partial charge in [-0.3, -0.25) is 14.6 Å². The fourth-order valence-corrected chi connectivity index (χ4v) is 3.49. The first-order chi connectivity index (χ1) is 13.9. The van der Waals surface area contributed by atoms with Gasteiger partial charge in [0.2, 0.25) is 0 Å². The highest BCUT2D eigenvalue weighted by Gasteiger charge is 2.45. The van der Waals surface area contributed by atoms with E-state index in [4.69, 9.17) is 4.74 Å². The first-order valence-corrected chi connectivity index (χ1v) is 9.41. The van der Waals surface area contributed by atoms with Crippen molar-refractivity contribution in [2.45, 2.75) is 12.5 Å². The van der Waals surface area contributed by atoms with Gasteiger partial charge >= 0.3 is 0 Å². The van der Waals surface area contributed by atoms with Gasteiger partial charge in [-0.15, -0.1) is 0 Å². The Bertz CT molecular complexity index is 925. The highest BCUT2D eigenvalue weighted by molar-refractivity contribution is 6.46. The molecule has 1 N–H and O–H groups in total. The van der Waals surface area contributed by atoms with Crippen LogP contribution in [0.1, 0.15) is 23.6 Å². The Morgan fingerprint density at radius 2 is 1.93 bits per heavy atom. The molecule has 0 aliphatic carbocycles. The van der Waals surface area contributed by atoms with Crippen molar-refractivity contribution in [2.24, 2.45) is 0 Å². The fourth-order valence-electron chi connectivity index (χ4n) is 3.49. The minimum Gasteiger partial charge on any atom is -0.507 e. The highest BCUT2D eigenvalue weighted by atomic mass is 16.5. The third-order valence-electron chi connectivity index (χ3n) is 4.91. The van der Waals surface area contributed by atoms with Gasteiger partial charge < -0.3 is 19.6 Å². The molecule has 3 rings (SSSR count). The summed E-state index contributed by atoms with van der Waals surface area (Å²) in [7, 11) is 5.44. The van der Waals surface area contributed by atoms with Crippen LogP contribution >= 0.6 is 0 Å². The molecule has 0 radical (unpaired) electrons. The summed E-state index contributed by atoms with van der Waals surface area (Å²) < 4.78 is 5.21. The summed E-state index contributed by atoms with van der Waals surface area (Å²) in [5.74, 6) is -0.944. The van der Waals surface area contributed by atoms with Crippen LogP contribution in [0.25, 0.3) is 5.76 Å². The predicted molar refractivity (Wildman–Crippen MR) is 109 cm³/mol. The van der Waals surface area contributed by atoms with Gasteiger partial charge in [-0.1, -0.05) is 12.1 Å². The number of nitrogens with zero attached hydrogens (tertiary/aromatic N) is 3. The van der Waals surface area contributed by atoms with Crippen molar-refractivity contribution in [3.8, 4) is 5.75 Å². The summed E-state index contributed by atoms with van der Waals surface area (Å²) in [6, 6.07) is 9.65. The molecule has 0 unspecified atom stereocenters. The van der Waals surface area contributed by atoms with Gasteiger partial charge in [0.1, 0.15) is 11.5 Å². The molecule has 1 fully saturated rings. The Hall–Kier alpha value is -3.19. The van der Waals surface area contributed by atoms with Gasteiger partial charge in [0.25, 0.3) is 11.7 Å². The van der Waals surface area contributed by atoms with Gasteiger partial charge in [-0.25, -0.2) is 0 Å². The van der Waals surface area contributed by atoms with Crippen LogP contribution in [0, 0.1) is 0 Å². The van der Waals surface area contributed by atoms with Gasteiger partial charge in [0.15, 0.2) is 0 Å². The molecule has 0 saturated carbocycles. The number of ketones is 1. The Morgan fingerprint density at radius 3 is 2.59 bits per heavy atom. The summed E-state index contributed by atoms with van der Waals surface area (Å²) in [6.45, 7) is 1.19. The Balaban J connectivity index is 2.07. The molecule has 2 aromatic rings. The molecule has 0 bridgehead atoms. The molecule has 1 atom stereocenters. The smallest absolute Gasteiger partial charge is 0.295 e. The molecule has 0 spiro atoms. The zero-order valence-electron chi connectivity index (χ0n) is 16.8. The number of carbonyl (C=O) groups is 2. The summed E-state index contributed by atoms with van der Waals surface area (Å²) >= 11 is 0. The second kappa shape index (κ2) is 8.87. The number of benzene rings is 1. The van der Waals surface area contributed by atoms with Crippen molar-refractivity contribution in [3.63, 3.8) is 0 Å². The van der Waals surface area contributed by atoms with Crippen LogP contribution in [0.2, 0.25) is 0 Å². The number of aliphatic hydroxyl groups is 1. The first-order valence-electron chi connectivity index (χ1n) is 9.41. The molecule has 1 amide bonds. The van der Waals surface area contributed by atoms with Crippen molar-refractivity contribution in [2.75, 3.05) is 34.3 Å². The normalized spacial score (nSPS) is 18.5. The van der Waals surface area contributed by atoms with Crippen molar-refractivity contribution in [1.29, 1.82) is 0 Å². The Labute approximate surface area is 170 Å². The van der Waals surface area contributed by atoms with Crippen LogP contribution in [0.5, 0.6) is 5.75 Å². The second-order valence-corrected chi connectivity index (χ2v) is 7.16. The molecule has 2 heterocycles. The van der Waals surface area contributed by atoms with E-state index in [-0.39, 0.29) is 11.3 Å². The molecule has 1 saturated heterocycles. The highest BCUT2D eigenvalue weighted by Crippen LogP contribution is 2.39. The third-order valence-corrected chi connectivity index (χ3v) is 4.91. The number of ether oxygens (including phenoxy) is 1. The number of carbonyl (C=O) groups excluding carboxylic acids is 2. The van der Waals surface area contributed by atoms with E-state index in [1.807, 2.05) is 19.0 Å². The zero-order chi connectivity index (χ0) is 21.0. The topological polar surface area (TPSA) is 83.0 Å². The minimum absolute atomic E-state index is 0.0827. The van der Waals surface area contributed by atoms with Gasteiger partial charge in [-0.05, 0) is 56.9 Å². The van der Waals surface area contributed by atoms with Crippen LogP contribution in [0.3, 0.4) is 0 Å². The summed E-state index contributed by atoms with van der Waals surface area (Å²) in [4.78, 5) is 33.3. The van der Waals surface area contributed by atoms with Crippen LogP contribution in [0.4, 0.5) is 0 Å². The maximum atomic E-state index is 12.9. The van der Waals surface area contributed by atoms with Crippen LogP contribution in [-0.2, 0) is 9.59 Å². The van der Waals surface area contributed by atoms with E-state index < -0.39 is 17.7 Å². The van der Waals surface area contributed by atoms with Crippen molar-refractivity contribution in [1.82, 2.24) is 14.8 Å². The number of hydrogen-bond acceptors (Lipinski definition) is 6. The molecule has 1 aromatic carbocycles. The molecule has 1 aliphatic rings. The molecule has 29 heavy (non-hydrogen) atoms. The lowest BCUT2D eigenvalue weighted by molar-refractivity contribution is -0.139. The molecule has 152 valence electrons. The second-order valence-electron chi connectivity index (χ2n) is 7.16. The number of likely N-dealkylation sites (tertiary alicyclic amines) is 1. The quantitative estimate of drug-likeness (QED) is 0.441. The number of rotatable bonds is 7. The summed E-state index contributed by atoms with van der Waals surface area (Å²) in [5.41, 5.74) is 1.24. The van der Waals surface area contributed by atoms with Gasteiger partial charge in [0.05, 0.1) is 18.7 Å². The standard InChI is InChI=1S/C22H25N3O4/c1-24(2)12-5-13-25-19(15-8-10-23-11-9-15)18(21(27)22(25)28)20(26)16-6-4-7-17(14-16)29-3/h4,6-11,14,19,26H,5,12-13H2,1-3H3/b20-18+/t19-/m0/s1. The van der Waals surface area contributed by atoms with Crippen LogP contribution in [-0.4, -0.2) is 65.9 Å². The molecule has 1 aliphatic heterocycles. The lowest BCUT2D eigenvalue weighted by atomic mass is 9.96. The molecule has 7 nitrogen and oxygen atoms in total. The number of pyridine rings is 1. The van der Waals surface area contributed by atoms with E-state index in [9.17, 15) is 14.7 Å². The number of Topliss-reactive ketones (excluding diaryl/α,β-unsaturated/α-hetero) is 1. The predicted octanol–water partition coefficient (Wildman–Crippen LogP) is 2.46. The zero-order valence-corrected chi connectivity index (χ0v) is 16.8. The van der Waals surface area contributed by atoms with Crippen molar-refractivity contribution < 1.29 is 19.4 Å². The lowest BCUT2D eigenvalue weighted by Gasteiger charge is -2.25. The van der Waals surface area contributed by atoms with Gasteiger partial charge in [-0.2, -0.15) is 0 Å². The summed E-state index contributed by atoms with van der Waals surface area (Å²) in [5, 5.41) is 11.0. The number of amides is 1. The molecular formula is C22H25N3O4. The number of hydrogen-bond donors (Lipinski definition) is 1. The number of aliphatic hydroxyl groups excluding tert-OH is 1. The van der Waals surface area contributed by atoms with Gasteiger partial charge in [0, 0.05) is 24.5 Å². The Morgan fingerprint density at radius 1 is 1.21 bits per heavy atom. The summed E-state index contributed by atoms with van der Waals surface area (Å²) in [6.07, 6.45) is 3.93. The monoisotopic (exact) mass is 395 g/mol. The van der Waals surface area contributed by atoms with E-state index in [2.05, 4.69) is 4.98 Å². The van der Waals surface area contributed by atoms with Crippen molar-refractivity contribution in [3.05, 3.63) is 65.5 Å². The average Bonchev–Trinajstić information content (AvgIpc) is 2.98. The fraction of sp³-hybridized carbons (Fsp3) is 0.318. The van der Waals surface area contributed by atoms with E-state index in [1.54, 1.807) is 48.8 Å². The molecule has 7 heteroatoms. The maximum absolute atomic E-state index is 12.9. The number of aromatic nitrogens is 1. The number of methoxy groups -OCH3 is 1. The van der Waals surface area contributed by atoms with Crippen LogP contribution in [0.15, 0.2) is 54.4 Å². The maximum Gasteiger partial charge on any atom is 0.295 e. The van der Waals surface area contributed by atoms with E-state index in [0.717, 1.165) is 12.1 Å².